The van der Waals surface area contributed by atoms with E-state index < -0.39 is 17.0 Å². The van der Waals surface area contributed by atoms with E-state index in [1.165, 1.54) is 6.92 Å². The van der Waals surface area contributed by atoms with Gasteiger partial charge >= 0.3 is 0 Å². The number of hydrogen-bond donors (Lipinski definition) is 0. The van der Waals surface area contributed by atoms with Crippen LogP contribution >= 0.6 is 11.6 Å². The number of pyridine rings is 1. The third-order valence-electron chi connectivity index (χ3n) is 1.88. The van der Waals surface area contributed by atoms with Crippen molar-refractivity contribution in [1.29, 1.82) is 0 Å². The van der Waals surface area contributed by atoms with Crippen molar-refractivity contribution >= 4 is 17.3 Å². The van der Waals surface area contributed by atoms with Crippen LogP contribution in [-0.4, -0.2) is 9.91 Å². The number of nitrogens with zero attached hydrogens (tertiary/aromatic N) is 2. The van der Waals surface area contributed by atoms with Crippen molar-refractivity contribution < 1.29 is 13.7 Å². The van der Waals surface area contributed by atoms with Gasteiger partial charge in [0.05, 0.1) is 22.1 Å². The first kappa shape index (κ1) is 11.8. The number of hydrogen-bond acceptors (Lipinski definition) is 3. The highest BCUT2D eigenvalue weighted by atomic mass is 35.5. The zero-order chi connectivity index (χ0) is 11.6. The Morgan fingerprint density at radius 2 is 2.27 bits per heavy atom. The Kier molecular flexibility index (Phi) is 3.52. The van der Waals surface area contributed by atoms with Crippen LogP contribution in [0.4, 0.5) is 14.5 Å². The predicted molar refractivity (Wildman–Crippen MR) is 50.1 cm³/mol. The Labute approximate surface area is 89.0 Å². The lowest BCUT2D eigenvalue weighted by Crippen LogP contribution is -2.03. The van der Waals surface area contributed by atoms with Crippen LogP contribution in [0.5, 0.6) is 0 Å². The van der Waals surface area contributed by atoms with Gasteiger partial charge in [-0.15, -0.1) is 11.6 Å². The molecule has 0 aromatic carbocycles. The molecule has 82 valence electrons. The van der Waals surface area contributed by atoms with E-state index in [4.69, 9.17) is 11.6 Å². The minimum absolute atomic E-state index is 0.0734. The van der Waals surface area contributed by atoms with Gasteiger partial charge in [0.2, 0.25) is 0 Å². The zero-order valence-corrected chi connectivity index (χ0v) is 8.46. The van der Waals surface area contributed by atoms with E-state index in [9.17, 15) is 18.9 Å². The molecule has 0 bridgehead atoms. The van der Waals surface area contributed by atoms with Gasteiger partial charge in [-0.1, -0.05) is 0 Å². The van der Waals surface area contributed by atoms with Crippen LogP contribution in [0.15, 0.2) is 6.07 Å². The molecule has 1 heterocycles. The van der Waals surface area contributed by atoms with E-state index in [0.717, 1.165) is 6.07 Å². The van der Waals surface area contributed by atoms with Crippen LogP contribution < -0.4 is 0 Å². The fourth-order valence-corrected chi connectivity index (χ4v) is 1.28. The second-order valence-electron chi connectivity index (χ2n) is 2.83. The van der Waals surface area contributed by atoms with Gasteiger partial charge < -0.3 is 0 Å². The Morgan fingerprint density at radius 3 is 2.67 bits per heavy atom. The van der Waals surface area contributed by atoms with E-state index in [-0.39, 0.29) is 22.8 Å². The molecule has 0 unspecified atom stereocenters. The van der Waals surface area contributed by atoms with Gasteiger partial charge in [-0.3, -0.25) is 10.1 Å². The molecule has 15 heavy (non-hydrogen) atoms. The summed E-state index contributed by atoms with van der Waals surface area (Å²) in [5.41, 5.74) is -1.01. The molecule has 0 atom stereocenters. The highest BCUT2D eigenvalue weighted by Gasteiger charge is 2.22. The average molecular weight is 237 g/mol. The van der Waals surface area contributed by atoms with E-state index in [1.54, 1.807) is 0 Å². The normalized spacial score (nSPS) is 10.7. The van der Waals surface area contributed by atoms with E-state index in [1.807, 2.05) is 0 Å². The van der Waals surface area contributed by atoms with Gasteiger partial charge in [0, 0.05) is 6.07 Å². The SMILES string of the molecule is Cc1c([N+](=O)[O-])cc(CCl)nc1C(F)F. The van der Waals surface area contributed by atoms with Gasteiger partial charge in [0.25, 0.3) is 12.1 Å². The lowest BCUT2D eigenvalue weighted by molar-refractivity contribution is -0.385. The molecular formula is C8H7ClF2N2O2. The van der Waals surface area contributed by atoms with Crippen LogP contribution in [0.3, 0.4) is 0 Å². The average Bonchev–Trinajstić information content (AvgIpc) is 2.17. The maximum Gasteiger partial charge on any atom is 0.280 e. The lowest BCUT2D eigenvalue weighted by atomic mass is 10.1. The van der Waals surface area contributed by atoms with Crippen molar-refractivity contribution in [2.75, 3.05) is 0 Å². The maximum absolute atomic E-state index is 12.5. The monoisotopic (exact) mass is 236 g/mol. The molecule has 0 fully saturated rings. The molecule has 0 aliphatic heterocycles. The predicted octanol–water partition coefficient (Wildman–Crippen LogP) is 2.97. The first-order valence-corrected chi connectivity index (χ1v) is 4.49. The second-order valence-corrected chi connectivity index (χ2v) is 3.10. The van der Waals surface area contributed by atoms with Crippen molar-refractivity contribution in [3.8, 4) is 0 Å². The number of halogens is 3. The van der Waals surface area contributed by atoms with Gasteiger partial charge in [-0.2, -0.15) is 0 Å². The van der Waals surface area contributed by atoms with Gasteiger partial charge in [0.1, 0.15) is 5.69 Å². The minimum atomic E-state index is -2.84. The molecule has 0 saturated heterocycles. The topological polar surface area (TPSA) is 56.0 Å². The van der Waals surface area contributed by atoms with Gasteiger partial charge in [0.15, 0.2) is 0 Å². The van der Waals surface area contributed by atoms with Crippen molar-refractivity contribution in [2.24, 2.45) is 0 Å². The Morgan fingerprint density at radius 1 is 1.67 bits per heavy atom. The van der Waals surface area contributed by atoms with Crippen molar-refractivity contribution in [3.63, 3.8) is 0 Å². The molecule has 0 spiro atoms. The summed E-state index contributed by atoms with van der Waals surface area (Å²) >= 11 is 5.40. The number of aromatic nitrogens is 1. The number of rotatable bonds is 3. The molecule has 4 nitrogen and oxygen atoms in total. The fraction of sp³-hybridized carbons (Fsp3) is 0.375. The van der Waals surface area contributed by atoms with Crippen LogP contribution in [0, 0.1) is 17.0 Å². The highest BCUT2D eigenvalue weighted by Crippen LogP contribution is 2.28. The van der Waals surface area contributed by atoms with E-state index in [2.05, 4.69) is 4.98 Å². The van der Waals surface area contributed by atoms with Gasteiger partial charge in [-0.05, 0) is 6.92 Å². The van der Waals surface area contributed by atoms with Crippen molar-refractivity contribution in [2.45, 2.75) is 19.2 Å². The number of nitro groups is 1. The summed E-state index contributed by atoms with van der Waals surface area (Å²) in [4.78, 5) is 13.4. The molecule has 0 aliphatic rings. The third kappa shape index (κ3) is 2.38. The Hall–Kier alpha value is -1.30. The molecule has 7 heteroatoms. The van der Waals surface area contributed by atoms with Crippen molar-refractivity contribution in [3.05, 3.63) is 33.1 Å². The quantitative estimate of drug-likeness (QED) is 0.461. The zero-order valence-electron chi connectivity index (χ0n) is 7.71. The summed E-state index contributed by atoms with van der Waals surface area (Å²) < 4.78 is 24.9. The molecular weight excluding hydrogens is 230 g/mol. The van der Waals surface area contributed by atoms with Crippen LogP contribution in [0.25, 0.3) is 0 Å². The molecule has 0 radical (unpaired) electrons. The smallest absolute Gasteiger partial charge is 0.258 e. The Bertz CT molecular complexity index is 398. The summed E-state index contributed by atoms with van der Waals surface area (Å²) in [5.74, 6) is -0.138. The summed E-state index contributed by atoms with van der Waals surface area (Å²) in [5, 5.41) is 10.6. The minimum Gasteiger partial charge on any atom is -0.258 e. The van der Waals surface area contributed by atoms with Crippen LogP contribution in [-0.2, 0) is 5.88 Å². The first-order chi connectivity index (χ1) is 6.97. The second kappa shape index (κ2) is 4.48. The Balaban J connectivity index is 3.40. The molecule has 0 saturated carbocycles. The third-order valence-corrected chi connectivity index (χ3v) is 2.15. The summed E-state index contributed by atoms with van der Waals surface area (Å²) in [6.07, 6.45) is -2.84. The van der Waals surface area contributed by atoms with Crippen LogP contribution in [0.2, 0.25) is 0 Å². The molecule has 1 aromatic heterocycles. The lowest BCUT2D eigenvalue weighted by Gasteiger charge is -2.06. The van der Waals surface area contributed by atoms with Crippen LogP contribution in [0.1, 0.15) is 23.4 Å². The number of alkyl halides is 3. The molecule has 0 aliphatic carbocycles. The fourth-order valence-electron chi connectivity index (χ4n) is 1.14. The summed E-state index contributed by atoms with van der Waals surface area (Å²) in [6.45, 7) is 1.24. The molecule has 0 amide bonds. The molecule has 0 N–H and O–H groups in total. The first-order valence-electron chi connectivity index (χ1n) is 3.96. The van der Waals surface area contributed by atoms with E-state index >= 15 is 0 Å². The largest absolute Gasteiger partial charge is 0.280 e. The standard InChI is InChI=1S/C8H7ClF2N2O2/c1-4-6(13(14)15)2-5(3-9)12-7(4)8(10)11/h2,8H,3H2,1H3. The molecule has 1 aromatic rings. The summed E-state index contributed by atoms with van der Waals surface area (Å²) in [6, 6.07) is 1.11. The molecule has 1 rings (SSSR count). The van der Waals surface area contributed by atoms with Crippen molar-refractivity contribution in [1.82, 2.24) is 4.98 Å². The van der Waals surface area contributed by atoms with E-state index in [0.29, 0.717) is 0 Å². The highest BCUT2D eigenvalue weighted by molar-refractivity contribution is 6.16. The van der Waals surface area contributed by atoms with Gasteiger partial charge in [-0.25, -0.2) is 13.8 Å². The summed E-state index contributed by atoms with van der Waals surface area (Å²) in [7, 11) is 0. The maximum atomic E-state index is 12.5.